The standard InChI is InChI=1S/C18H30O3/c1-6-8-17(4,19-5)14-12-16(2,3)13-7-9-18(15(13)14)20-10-11-21-18/h6,13-15H,1,7-12H2,2-5H3/t13-,14+,15+,17+/m1/s1. The minimum Gasteiger partial charge on any atom is -0.378 e. The molecule has 3 aliphatic rings. The first-order valence-corrected chi connectivity index (χ1v) is 8.32. The second-order valence-corrected chi connectivity index (χ2v) is 7.99. The van der Waals surface area contributed by atoms with Crippen LogP contribution in [0.3, 0.4) is 0 Å². The number of ether oxygens (including phenoxy) is 3. The molecule has 1 saturated heterocycles. The van der Waals surface area contributed by atoms with Gasteiger partial charge in [0.25, 0.3) is 0 Å². The average Bonchev–Trinajstić information content (AvgIpc) is 3.11. The molecule has 0 aromatic heterocycles. The molecule has 4 atom stereocenters. The Morgan fingerprint density at radius 2 is 2.00 bits per heavy atom. The maximum Gasteiger partial charge on any atom is 0.171 e. The van der Waals surface area contributed by atoms with Crippen LogP contribution in [0.5, 0.6) is 0 Å². The lowest BCUT2D eigenvalue weighted by Crippen LogP contribution is -2.47. The maximum atomic E-state index is 6.15. The minimum absolute atomic E-state index is 0.176. The van der Waals surface area contributed by atoms with E-state index in [-0.39, 0.29) is 11.4 Å². The van der Waals surface area contributed by atoms with Crippen LogP contribution >= 0.6 is 0 Å². The van der Waals surface area contributed by atoms with Crippen molar-refractivity contribution < 1.29 is 14.2 Å². The number of hydrogen-bond acceptors (Lipinski definition) is 3. The van der Waals surface area contributed by atoms with Crippen LogP contribution in [0.2, 0.25) is 0 Å². The van der Waals surface area contributed by atoms with Crippen LogP contribution in [0.1, 0.15) is 46.5 Å². The molecule has 0 aromatic carbocycles. The number of methoxy groups -OCH3 is 1. The van der Waals surface area contributed by atoms with E-state index in [1.54, 1.807) is 0 Å². The summed E-state index contributed by atoms with van der Waals surface area (Å²) >= 11 is 0. The Morgan fingerprint density at radius 1 is 1.33 bits per heavy atom. The highest BCUT2D eigenvalue weighted by molar-refractivity contribution is 5.12. The van der Waals surface area contributed by atoms with Crippen molar-refractivity contribution in [2.45, 2.75) is 57.8 Å². The zero-order valence-corrected chi connectivity index (χ0v) is 14.0. The second-order valence-electron chi connectivity index (χ2n) is 7.99. The first kappa shape index (κ1) is 15.5. The first-order valence-electron chi connectivity index (χ1n) is 8.32. The van der Waals surface area contributed by atoms with Gasteiger partial charge in [0.1, 0.15) is 0 Å². The summed E-state index contributed by atoms with van der Waals surface area (Å²) in [4.78, 5) is 0. The molecule has 1 aliphatic heterocycles. The fourth-order valence-electron chi connectivity index (χ4n) is 5.39. The molecule has 0 bridgehead atoms. The third-order valence-corrected chi connectivity index (χ3v) is 6.50. The Balaban J connectivity index is 1.98. The fraction of sp³-hybridized carbons (Fsp3) is 0.889. The van der Waals surface area contributed by atoms with Crippen molar-refractivity contribution in [3.05, 3.63) is 12.7 Å². The van der Waals surface area contributed by atoms with E-state index in [0.29, 0.717) is 23.2 Å². The van der Waals surface area contributed by atoms with Crippen LogP contribution in [0.15, 0.2) is 12.7 Å². The van der Waals surface area contributed by atoms with Crippen molar-refractivity contribution in [2.75, 3.05) is 20.3 Å². The molecule has 3 nitrogen and oxygen atoms in total. The Labute approximate surface area is 129 Å². The summed E-state index contributed by atoms with van der Waals surface area (Å²) in [6.45, 7) is 12.5. The molecule has 21 heavy (non-hydrogen) atoms. The smallest absolute Gasteiger partial charge is 0.171 e. The molecule has 2 saturated carbocycles. The van der Waals surface area contributed by atoms with E-state index in [4.69, 9.17) is 14.2 Å². The molecule has 0 amide bonds. The lowest BCUT2D eigenvalue weighted by Gasteiger charge is -2.42. The van der Waals surface area contributed by atoms with Gasteiger partial charge in [-0.3, -0.25) is 0 Å². The average molecular weight is 294 g/mol. The van der Waals surface area contributed by atoms with Crippen LogP contribution in [0.25, 0.3) is 0 Å². The Bertz CT molecular complexity index is 411. The van der Waals surface area contributed by atoms with Crippen LogP contribution < -0.4 is 0 Å². The largest absolute Gasteiger partial charge is 0.378 e. The third kappa shape index (κ3) is 2.20. The summed E-state index contributed by atoms with van der Waals surface area (Å²) in [5.74, 6) is 1.23. The van der Waals surface area contributed by atoms with E-state index in [2.05, 4.69) is 27.4 Å². The zero-order chi connectivity index (χ0) is 15.3. The van der Waals surface area contributed by atoms with Gasteiger partial charge in [0.15, 0.2) is 5.79 Å². The summed E-state index contributed by atoms with van der Waals surface area (Å²) < 4.78 is 18.3. The Morgan fingerprint density at radius 3 is 2.57 bits per heavy atom. The molecule has 3 heteroatoms. The van der Waals surface area contributed by atoms with Crippen molar-refractivity contribution in [3.8, 4) is 0 Å². The van der Waals surface area contributed by atoms with Crippen molar-refractivity contribution in [2.24, 2.45) is 23.2 Å². The van der Waals surface area contributed by atoms with E-state index >= 15 is 0 Å². The van der Waals surface area contributed by atoms with Crippen LogP contribution in [-0.4, -0.2) is 31.7 Å². The van der Waals surface area contributed by atoms with Gasteiger partial charge in [0, 0.05) is 19.4 Å². The van der Waals surface area contributed by atoms with Crippen molar-refractivity contribution in [1.82, 2.24) is 0 Å². The third-order valence-electron chi connectivity index (χ3n) is 6.50. The van der Waals surface area contributed by atoms with Gasteiger partial charge in [-0.2, -0.15) is 0 Å². The number of fused-ring (bicyclic) bond motifs is 2. The molecule has 0 radical (unpaired) electrons. The van der Waals surface area contributed by atoms with E-state index in [9.17, 15) is 0 Å². The first-order chi connectivity index (χ1) is 9.88. The summed E-state index contributed by atoms with van der Waals surface area (Å²) in [6, 6.07) is 0. The SMILES string of the molecule is C=CC[C@](C)(OC)[C@H]1CC(C)(C)[C@@H]2CCC3(OCCO3)[C@@H]21. The lowest BCUT2D eigenvalue weighted by atomic mass is 9.75. The predicted molar refractivity (Wildman–Crippen MR) is 83.0 cm³/mol. The summed E-state index contributed by atoms with van der Waals surface area (Å²) in [5.41, 5.74) is 0.153. The monoisotopic (exact) mass is 294 g/mol. The van der Waals surface area contributed by atoms with Crippen molar-refractivity contribution in [3.63, 3.8) is 0 Å². The van der Waals surface area contributed by atoms with Gasteiger partial charge in [-0.1, -0.05) is 19.9 Å². The zero-order valence-electron chi connectivity index (χ0n) is 14.0. The van der Waals surface area contributed by atoms with Gasteiger partial charge in [-0.05, 0) is 43.4 Å². The topological polar surface area (TPSA) is 27.7 Å². The van der Waals surface area contributed by atoms with Crippen LogP contribution in [0.4, 0.5) is 0 Å². The minimum atomic E-state index is -0.343. The van der Waals surface area contributed by atoms with E-state index in [1.807, 2.05) is 13.2 Å². The Hall–Kier alpha value is -0.380. The lowest BCUT2D eigenvalue weighted by molar-refractivity contribution is -0.210. The molecule has 1 heterocycles. The Kier molecular flexibility index (Phi) is 3.75. The predicted octanol–water partition coefficient (Wildman–Crippen LogP) is 3.78. The highest BCUT2D eigenvalue weighted by atomic mass is 16.7. The van der Waals surface area contributed by atoms with Gasteiger partial charge in [-0.25, -0.2) is 0 Å². The van der Waals surface area contributed by atoms with Gasteiger partial charge in [0.2, 0.25) is 0 Å². The number of rotatable bonds is 4. The molecule has 0 aromatic rings. The van der Waals surface area contributed by atoms with Crippen molar-refractivity contribution in [1.29, 1.82) is 0 Å². The summed E-state index contributed by atoms with van der Waals surface area (Å²) in [6.07, 6.45) is 6.29. The summed E-state index contributed by atoms with van der Waals surface area (Å²) in [7, 11) is 1.84. The maximum absolute atomic E-state index is 6.15. The summed E-state index contributed by atoms with van der Waals surface area (Å²) in [5, 5.41) is 0. The molecular formula is C18H30O3. The second kappa shape index (κ2) is 5.07. The highest BCUT2D eigenvalue weighted by Gasteiger charge is 2.66. The molecular weight excluding hydrogens is 264 g/mol. The molecule has 1 spiro atoms. The van der Waals surface area contributed by atoms with Gasteiger partial charge in [-0.15, -0.1) is 6.58 Å². The molecule has 120 valence electrons. The highest BCUT2D eigenvalue weighted by Crippen LogP contribution is 2.65. The van der Waals surface area contributed by atoms with E-state index in [0.717, 1.165) is 26.1 Å². The van der Waals surface area contributed by atoms with Gasteiger partial charge < -0.3 is 14.2 Å². The van der Waals surface area contributed by atoms with E-state index < -0.39 is 0 Å². The quantitative estimate of drug-likeness (QED) is 0.738. The fourth-order valence-corrected chi connectivity index (χ4v) is 5.39. The van der Waals surface area contributed by atoms with Crippen molar-refractivity contribution >= 4 is 0 Å². The van der Waals surface area contributed by atoms with Crippen LogP contribution in [-0.2, 0) is 14.2 Å². The van der Waals surface area contributed by atoms with Gasteiger partial charge >= 0.3 is 0 Å². The number of hydrogen-bond donors (Lipinski definition) is 0. The molecule has 0 unspecified atom stereocenters. The molecule has 3 rings (SSSR count). The van der Waals surface area contributed by atoms with Gasteiger partial charge in [0.05, 0.1) is 18.8 Å². The molecule has 2 aliphatic carbocycles. The van der Waals surface area contributed by atoms with E-state index in [1.165, 1.54) is 12.8 Å². The normalized spacial score (nSPS) is 39.3. The molecule has 0 N–H and O–H groups in total. The molecule has 3 fully saturated rings. The van der Waals surface area contributed by atoms with Crippen LogP contribution in [0, 0.1) is 23.2 Å².